The Morgan fingerprint density at radius 3 is 2.70 bits per heavy atom. The van der Waals surface area contributed by atoms with Gasteiger partial charge in [-0.05, 0) is 50.8 Å². The molecule has 0 saturated carbocycles. The van der Waals surface area contributed by atoms with E-state index in [0.717, 1.165) is 25.4 Å². The third kappa shape index (κ3) is 6.71. The molecular formula is C19H30N2O2. The van der Waals surface area contributed by atoms with Crippen molar-refractivity contribution in [2.45, 2.75) is 39.2 Å². The molecule has 1 unspecified atom stereocenters. The highest BCUT2D eigenvalue weighted by Gasteiger charge is 2.17. The summed E-state index contributed by atoms with van der Waals surface area (Å²) in [5, 5.41) is 2.99. The average Bonchev–Trinajstić information content (AvgIpc) is 2.57. The summed E-state index contributed by atoms with van der Waals surface area (Å²) in [4.78, 5) is 14.2. The van der Waals surface area contributed by atoms with Crippen molar-refractivity contribution in [2.24, 2.45) is 5.92 Å². The Bertz CT molecular complexity index is 456. The third-order valence-electron chi connectivity index (χ3n) is 4.52. The Morgan fingerprint density at radius 1 is 1.30 bits per heavy atom. The van der Waals surface area contributed by atoms with E-state index in [1.54, 1.807) is 0 Å². The van der Waals surface area contributed by atoms with E-state index < -0.39 is 0 Å². The first-order chi connectivity index (χ1) is 11.1. The zero-order chi connectivity index (χ0) is 16.5. The van der Waals surface area contributed by atoms with Gasteiger partial charge in [-0.15, -0.1) is 0 Å². The summed E-state index contributed by atoms with van der Waals surface area (Å²) in [5.74, 6) is 0.939. The summed E-state index contributed by atoms with van der Waals surface area (Å²) >= 11 is 0. The number of hydrogen-bond donors (Lipinski definition) is 1. The molecule has 1 amide bonds. The molecule has 4 heteroatoms. The first-order valence-corrected chi connectivity index (χ1v) is 8.80. The normalized spacial score (nSPS) is 17.8. The number of benzene rings is 1. The Balaban J connectivity index is 1.52. The number of piperidine rings is 1. The first-order valence-electron chi connectivity index (χ1n) is 8.80. The van der Waals surface area contributed by atoms with Crippen molar-refractivity contribution in [3.8, 4) is 0 Å². The maximum absolute atomic E-state index is 11.9. The minimum absolute atomic E-state index is 0.0993. The van der Waals surface area contributed by atoms with Crippen molar-refractivity contribution < 1.29 is 9.53 Å². The molecule has 1 atom stereocenters. The molecule has 1 saturated heterocycles. The molecule has 1 heterocycles. The predicted octanol–water partition coefficient (Wildman–Crippen LogP) is 3.00. The Labute approximate surface area is 140 Å². The SMILES string of the molecule is CC1CCN(CC(=O)NCCCOC(C)c2ccccc2)CC1. The second-order valence-corrected chi connectivity index (χ2v) is 6.59. The highest BCUT2D eigenvalue weighted by molar-refractivity contribution is 5.77. The average molecular weight is 318 g/mol. The molecule has 128 valence electrons. The molecule has 1 aromatic rings. The quantitative estimate of drug-likeness (QED) is 0.749. The lowest BCUT2D eigenvalue weighted by Gasteiger charge is -2.29. The topological polar surface area (TPSA) is 41.6 Å². The van der Waals surface area contributed by atoms with E-state index in [2.05, 4.69) is 36.2 Å². The summed E-state index contributed by atoms with van der Waals surface area (Å²) in [6, 6.07) is 10.2. The molecule has 0 spiro atoms. The lowest BCUT2D eigenvalue weighted by atomic mass is 9.99. The fourth-order valence-corrected chi connectivity index (χ4v) is 2.86. The molecule has 0 aromatic heterocycles. The van der Waals surface area contributed by atoms with Gasteiger partial charge in [0.25, 0.3) is 0 Å². The van der Waals surface area contributed by atoms with Crippen LogP contribution in [0.25, 0.3) is 0 Å². The molecule has 0 aliphatic carbocycles. The van der Waals surface area contributed by atoms with Crippen LogP contribution in [0.4, 0.5) is 0 Å². The molecular weight excluding hydrogens is 288 g/mol. The summed E-state index contributed by atoms with van der Waals surface area (Å²) < 4.78 is 5.81. The summed E-state index contributed by atoms with van der Waals surface area (Å²) in [7, 11) is 0. The van der Waals surface area contributed by atoms with Gasteiger partial charge in [0.1, 0.15) is 0 Å². The zero-order valence-electron chi connectivity index (χ0n) is 14.5. The van der Waals surface area contributed by atoms with Crippen LogP contribution in [0.1, 0.15) is 44.8 Å². The van der Waals surface area contributed by atoms with Crippen LogP contribution >= 0.6 is 0 Å². The minimum atomic E-state index is 0.0993. The van der Waals surface area contributed by atoms with E-state index in [-0.39, 0.29) is 12.0 Å². The van der Waals surface area contributed by atoms with Crippen molar-refractivity contribution >= 4 is 5.91 Å². The summed E-state index contributed by atoms with van der Waals surface area (Å²) in [5.41, 5.74) is 1.19. The molecule has 1 aliphatic heterocycles. The van der Waals surface area contributed by atoms with Crippen LogP contribution in [0.3, 0.4) is 0 Å². The van der Waals surface area contributed by atoms with Gasteiger partial charge < -0.3 is 10.1 Å². The molecule has 1 N–H and O–H groups in total. The molecule has 23 heavy (non-hydrogen) atoms. The van der Waals surface area contributed by atoms with Gasteiger partial charge in [-0.3, -0.25) is 9.69 Å². The van der Waals surface area contributed by atoms with Gasteiger partial charge in [0.15, 0.2) is 0 Å². The lowest BCUT2D eigenvalue weighted by Crippen LogP contribution is -2.41. The number of carbonyl (C=O) groups excluding carboxylic acids is 1. The highest BCUT2D eigenvalue weighted by Crippen LogP contribution is 2.16. The standard InChI is InChI=1S/C19H30N2O2/c1-16-9-12-21(13-10-16)15-19(22)20-11-6-14-23-17(2)18-7-4-3-5-8-18/h3-5,7-8,16-17H,6,9-15H2,1-2H3,(H,20,22). The van der Waals surface area contributed by atoms with Gasteiger partial charge in [0.2, 0.25) is 5.91 Å². The fraction of sp³-hybridized carbons (Fsp3) is 0.632. The fourth-order valence-electron chi connectivity index (χ4n) is 2.86. The number of nitrogens with one attached hydrogen (secondary N) is 1. The predicted molar refractivity (Wildman–Crippen MR) is 93.3 cm³/mol. The van der Waals surface area contributed by atoms with Gasteiger partial charge in [0, 0.05) is 13.2 Å². The van der Waals surface area contributed by atoms with Crippen molar-refractivity contribution in [3.63, 3.8) is 0 Å². The van der Waals surface area contributed by atoms with Crippen molar-refractivity contribution in [3.05, 3.63) is 35.9 Å². The summed E-state index contributed by atoms with van der Waals surface area (Å²) in [6.07, 6.45) is 3.36. The van der Waals surface area contributed by atoms with Crippen LogP contribution in [0.15, 0.2) is 30.3 Å². The largest absolute Gasteiger partial charge is 0.374 e. The maximum Gasteiger partial charge on any atom is 0.234 e. The van der Waals surface area contributed by atoms with Crippen LogP contribution in [0, 0.1) is 5.92 Å². The van der Waals surface area contributed by atoms with E-state index in [1.807, 2.05) is 18.2 Å². The number of ether oxygens (including phenoxy) is 1. The van der Waals surface area contributed by atoms with Crippen molar-refractivity contribution in [1.29, 1.82) is 0 Å². The Morgan fingerprint density at radius 2 is 2.00 bits per heavy atom. The van der Waals surface area contributed by atoms with Gasteiger partial charge in [-0.2, -0.15) is 0 Å². The van der Waals surface area contributed by atoms with E-state index in [1.165, 1.54) is 18.4 Å². The van der Waals surface area contributed by atoms with E-state index in [9.17, 15) is 4.79 Å². The van der Waals surface area contributed by atoms with Crippen LogP contribution in [-0.2, 0) is 9.53 Å². The molecule has 2 rings (SSSR count). The van der Waals surface area contributed by atoms with Gasteiger partial charge in [-0.1, -0.05) is 37.3 Å². The maximum atomic E-state index is 11.9. The van der Waals surface area contributed by atoms with Crippen LogP contribution in [0.5, 0.6) is 0 Å². The zero-order valence-corrected chi connectivity index (χ0v) is 14.5. The van der Waals surface area contributed by atoms with Gasteiger partial charge in [0.05, 0.1) is 12.6 Å². The molecule has 1 aromatic carbocycles. The van der Waals surface area contributed by atoms with Gasteiger partial charge >= 0.3 is 0 Å². The second kappa shape index (κ2) is 9.68. The number of likely N-dealkylation sites (tertiary alicyclic amines) is 1. The van der Waals surface area contributed by atoms with Crippen LogP contribution < -0.4 is 5.32 Å². The molecule has 1 fully saturated rings. The van der Waals surface area contributed by atoms with Crippen molar-refractivity contribution in [2.75, 3.05) is 32.8 Å². The Hall–Kier alpha value is -1.39. The van der Waals surface area contributed by atoms with E-state index >= 15 is 0 Å². The lowest BCUT2D eigenvalue weighted by molar-refractivity contribution is -0.122. The molecule has 1 aliphatic rings. The minimum Gasteiger partial charge on any atom is -0.374 e. The molecule has 4 nitrogen and oxygen atoms in total. The van der Waals surface area contributed by atoms with Crippen molar-refractivity contribution in [1.82, 2.24) is 10.2 Å². The van der Waals surface area contributed by atoms with E-state index in [4.69, 9.17) is 4.74 Å². The number of nitrogens with zero attached hydrogens (tertiary/aromatic N) is 1. The van der Waals surface area contributed by atoms with Crippen LogP contribution in [0.2, 0.25) is 0 Å². The number of hydrogen-bond acceptors (Lipinski definition) is 3. The smallest absolute Gasteiger partial charge is 0.234 e. The highest BCUT2D eigenvalue weighted by atomic mass is 16.5. The molecule has 0 bridgehead atoms. The number of amides is 1. The monoisotopic (exact) mass is 318 g/mol. The first kappa shape index (κ1) is 18.0. The van der Waals surface area contributed by atoms with E-state index in [0.29, 0.717) is 19.7 Å². The second-order valence-electron chi connectivity index (χ2n) is 6.59. The number of rotatable bonds is 8. The van der Waals surface area contributed by atoms with Crippen LogP contribution in [-0.4, -0.2) is 43.6 Å². The Kier molecular flexibility index (Phi) is 7.56. The number of carbonyl (C=O) groups is 1. The van der Waals surface area contributed by atoms with Gasteiger partial charge in [-0.25, -0.2) is 0 Å². The third-order valence-corrected chi connectivity index (χ3v) is 4.52. The summed E-state index contributed by atoms with van der Waals surface area (Å²) in [6.45, 7) is 8.33. The molecule has 0 radical (unpaired) electrons.